The van der Waals surface area contributed by atoms with Crippen molar-refractivity contribution >= 4 is 29.2 Å². The molecule has 0 fully saturated rings. The van der Waals surface area contributed by atoms with Crippen molar-refractivity contribution in [1.82, 2.24) is 0 Å². The Bertz CT molecular complexity index is 632. The van der Waals surface area contributed by atoms with Gasteiger partial charge in [0.15, 0.2) is 0 Å². The summed E-state index contributed by atoms with van der Waals surface area (Å²) in [6.07, 6.45) is 0. The van der Waals surface area contributed by atoms with Crippen LogP contribution in [0.15, 0.2) is 42.5 Å². The van der Waals surface area contributed by atoms with Gasteiger partial charge in [-0.25, -0.2) is 0 Å². The van der Waals surface area contributed by atoms with Crippen LogP contribution in [0.25, 0.3) is 0 Å². The molecule has 0 heterocycles. The van der Waals surface area contributed by atoms with Crippen molar-refractivity contribution in [3.05, 3.63) is 64.7 Å². The summed E-state index contributed by atoms with van der Waals surface area (Å²) < 4.78 is 5.83. The SMILES string of the molecule is CCOP(SC(=O)c1c(C)cc(C)cc1C)c1ccccc1. The third kappa shape index (κ3) is 4.19. The Morgan fingerprint density at radius 1 is 1.09 bits per heavy atom. The van der Waals surface area contributed by atoms with Gasteiger partial charge >= 0.3 is 0 Å². The summed E-state index contributed by atoms with van der Waals surface area (Å²) in [6.45, 7) is 8.62. The van der Waals surface area contributed by atoms with Gasteiger partial charge < -0.3 is 4.52 Å². The molecule has 2 aromatic carbocycles. The first-order valence-corrected chi connectivity index (χ1v) is 9.99. The average molecular weight is 332 g/mol. The smallest absolute Gasteiger partial charge is 0.226 e. The average Bonchev–Trinajstić information content (AvgIpc) is 2.46. The molecule has 0 spiro atoms. The highest BCUT2D eigenvalue weighted by Crippen LogP contribution is 2.51. The van der Waals surface area contributed by atoms with Gasteiger partial charge in [0.1, 0.15) is 7.35 Å². The molecule has 0 aromatic heterocycles. The molecule has 1 unspecified atom stereocenters. The summed E-state index contributed by atoms with van der Waals surface area (Å²) in [6, 6.07) is 14.1. The molecular formula is C18H21O2PS. The van der Waals surface area contributed by atoms with Crippen LogP contribution < -0.4 is 5.30 Å². The number of hydrogen-bond donors (Lipinski definition) is 0. The maximum atomic E-state index is 12.8. The summed E-state index contributed by atoms with van der Waals surface area (Å²) in [4.78, 5) is 12.8. The molecule has 22 heavy (non-hydrogen) atoms. The van der Waals surface area contributed by atoms with Gasteiger partial charge in [0, 0.05) is 17.5 Å². The molecule has 1 atom stereocenters. The van der Waals surface area contributed by atoms with E-state index in [-0.39, 0.29) is 5.12 Å². The number of rotatable bonds is 5. The second-order valence-corrected chi connectivity index (χ2v) is 8.55. The summed E-state index contributed by atoms with van der Waals surface area (Å²) in [5.74, 6) is 0. The Morgan fingerprint density at radius 2 is 1.68 bits per heavy atom. The van der Waals surface area contributed by atoms with Crippen molar-refractivity contribution in [3.8, 4) is 0 Å². The molecule has 2 aromatic rings. The zero-order valence-electron chi connectivity index (χ0n) is 13.4. The first kappa shape index (κ1) is 17.2. The lowest BCUT2D eigenvalue weighted by atomic mass is 10.0. The molecule has 2 rings (SSSR count). The minimum atomic E-state index is -0.984. The second-order valence-electron chi connectivity index (χ2n) is 5.16. The molecule has 0 bridgehead atoms. The van der Waals surface area contributed by atoms with Crippen molar-refractivity contribution in [3.63, 3.8) is 0 Å². The van der Waals surface area contributed by atoms with E-state index in [0.717, 1.165) is 22.0 Å². The first-order chi connectivity index (χ1) is 10.5. The van der Waals surface area contributed by atoms with Crippen LogP contribution in [0.4, 0.5) is 0 Å². The van der Waals surface area contributed by atoms with Gasteiger partial charge in [-0.1, -0.05) is 48.0 Å². The molecule has 0 radical (unpaired) electrons. The zero-order valence-corrected chi connectivity index (χ0v) is 15.1. The summed E-state index contributed by atoms with van der Waals surface area (Å²) in [5, 5.41) is 1.18. The quantitative estimate of drug-likeness (QED) is 0.708. The maximum Gasteiger partial charge on any atom is 0.226 e. The van der Waals surface area contributed by atoms with E-state index in [1.165, 1.54) is 16.9 Å². The van der Waals surface area contributed by atoms with E-state index in [1.54, 1.807) is 0 Å². The van der Waals surface area contributed by atoms with Crippen molar-refractivity contribution < 1.29 is 9.32 Å². The van der Waals surface area contributed by atoms with E-state index in [2.05, 4.69) is 19.1 Å². The van der Waals surface area contributed by atoms with Crippen molar-refractivity contribution in [2.75, 3.05) is 6.61 Å². The number of hydrogen-bond acceptors (Lipinski definition) is 3. The van der Waals surface area contributed by atoms with Crippen LogP contribution in [-0.2, 0) is 4.52 Å². The molecule has 116 valence electrons. The third-order valence-electron chi connectivity index (χ3n) is 3.26. The van der Waals surface area contributed by atoms with Gasteiger partial charge in [0.05, 0.1) is 0 Å². The van der Waals surface area contributed by atoms with E-state index in [1.807, 2.05) is 51.1 Å². The highest BCUT2D eigenvalue weighted by atomic mass is 32.7. The van der Waals surface area contributed by atoms with E-state index < -0.39 is 7.35 Å². The van der Waals surface area contributed by atoms with Gasteiger partial charge in [0.2, 0.25) is 5.12 Å². The summed E-state index contributed by atoms with van der Waals surface area (Å²) in [7, 11) is -0.984. The number of benzene rings is 2. The topological polar surface area (TPSA) is 26.3 Å². The lowest BCUT2D eigenvalue weighted by Crippen LogP contribution is -2.05. The Balaban J connectivity index is 2.26. The molecule has 0 aliphatic carbocycles. The molecule has 0 aliphatic heterocycles. The number of carbonyl (C=O) groups is 1. The van der Waals surface area contributed by atoms with Gasteiger partial charge in [-0.2, -0.15) is 0 Å². The van der Waals surface area contributed by atoms with E-state index in [4.69, 9.17) is 4.52 Å². The second kappa shape index (κ2) is 7.92. The summed E-state index contributed by atoms with van der Waals surface area (Å²) >= 11 is 1.31. The predicted molar refractivity (Wildman–Crippen MR) is 97.2 cm³/mol. The van der Waals surface area contributed by atoms with Crippen molar-refractivity contribution in [2.24, 2.45) is 0 Å². The lowest BCUT2D eigenvalue weighted by Gasteiger charge is -2.17. The molecular weight excluding hydrogens is 311 g/mol. The molecule has 2 nitrogen and oxygen atoms in total. The molecule has 0 saturated heterocycles. The minimum absolute atomic E-state index is 0.0958. The van der Waals surface area contributed by atoms with E-state index in [0.29, 0.717) is 6.61 Å². The zero-order chi connectivity index (χ0) is 16.1. The highest BCUT2D eigenvalue weighted by Gasteiger charge is 2.21. The highest BCUT2D eigenvalue weighted by molar-refractivity contribution is 8.63. The van der Waals surface area contributed by atoms with Crippen molar-refractivity contribution in [1.29, 1.82) is 0 Å². The Kier molecular flexibility index (Phi) is 6.19. The normalized spacial score (nSPS) is 12.2. The van der Waals surface area contributed by atoms with Gasteiger partial charge in [0.25, 0.3) is 0 Å². The van der Waals surface area contributed by atoms with E-state index in [9.17, 15) is 4.79 Å². The fourth-order valence-corrected chi connectivity index (χ4v) is 5.85. The van der Waals surface area contributed by atoms with Crippen LogP contribution in [0, 0.1) is 20.8 Å². The van der Waals surface area contributed by atoms with Crippen LogP contribution in [0.3, 0.4) is 0 Å². The summed E-state index contributed by atoms with van der Waals surface area (Å²) in [5.41, 5.74) is 4.08. The fourth-order valence-electron chi connectivity index (χ4n) is 2.44. The fraction of sp³-hybridized carbons (Fsp3) is 0.278. The van der Waals surface area contributed by atoms with Gasteiger partial charge in [-0.3, -0.25) is 4.79 Å². The first-order valence-electron chi connectivity index (χ1n) is 7.31. The van der Waals surface area contributed by atoms with Gasteiger partial charge in [-0.15, -0.1) is 0 Å². The maximum absolute atomic E-state index is 12.8. The monoisotopic (exact) mass is 332 g/mol. The van der Waals surface area contributed by atoms with Crippen molar-refractivity contribution in [2.45, 2.75) is 27.7 Å². The molecule has 4 heteroatoms. The van der Waals surface area contributed by atoms with Crippen LogP contribution >= 0.6 is 18.7 Å². The lowest BCUT2D eigenvalue weighted by molar-refractivity contribution is 0.108. The van der Waals surface area contributed by atoms with Crippen LogP contribution in [0.2, 0.25) is 0 Å². The Labute approximate surface area is 137 Å². The Hall–Kier alpha value is -1.15. The van der Waals surface area contributed by atoms with Gasteiger partial charge in [-0.05, 0) is 50.2 Å². The standard InChI is InChI=1S/C18H21O2PS/c1-5-20-21(16-9-7-6-8-10-16)22-18(19)17-14(3)11-13(2)12-15(17)4/h6-12H,5H2,1-4H3. The molecule has 0 amide bonds. The predicted octanol–water partition coefficient (Wildman–Crippen LogP) is 5.16. The van der Waals surface area contributed by atoms with E-state index >= 15 is 0 Å². The minimum Gasteiger partial charge on any atom is -0.343 e. The number of aryl methyl sites for hydroxylation is 3. The molecule has 0 saturated carbocycles. The van der Waals surface area contributed by atoms with Crippen LogP contribution in [0.5, 0.6) is 0 Å². The molecule has 0 aliphatic rings. The third-order valence-corrected chi connectivity index (χ3v) is 6.95. The Morgan fingerprint density at radius 3 is 2.23 bits per heavy atom. The number of carbonyl (C=O) groups excluding carboxylic acids is 1. The molecule has 0 N–H and O–H groups in total. The van der Waals surface area contributed by atoms with Crippen LogP contribution in [-0.4, -0.2) is 11.7 Å². The largest absolute Gasteiger partial charge is 0.343 e. The van der Waals surface area contributed by atoms with Crippen LogP contribution in [0.1, 0.15) is 34.0 Å².